The second kappa shape index (κ2) is 5.99. The zero-order valence-electron chi connectivity index (χ0n) is 11.8. The molecule has 2 unspecified atom stereocenters. The normalized spacial score (nSPS) is 23.2. The van der Waals surface area contributed by atoms with Crippen molar-refractivity contribution in [3.05, 3.63) is 17.8 Å². The van der Waals surface area contributed by atoms with Crippen molar-refractivity contribution in [1.29, 1.82) is 0 Å². The molecular formula is C14H21N3O2. The van der Waals surface area contributed by atoms with Crippen LogP contribution in [0.4, 0.5) is 5.82 Å². The van der Waals surface area contributed by atoms with Gasteiger partial charge in [0.1, 0.15) is 0 Å². The van der Waals surface area contributed by atoms with E-state index < -0.39 is 5.97 Å². The zero-order valence-corrected chi connectivity index (χ0v) is 11.8. The highest BCUT2D eigenvalue weighted by Gasteiger charge is 2.23. The third-order valence-corrected chi connectivity index (χ3v) is 3.33. The minimum absolute atomic E-state index is 0.267. The van der Waals surface area contributed by atoms with E-state index in [1.165, 1.54) is 6.42 Å². The lowest BCUT2D eigenvalue weighted by Gasteiger charge is -2.35. The van der Waals surface area contributed by atoms with Crippen LogP contribution in [0, 0.1) is 11.8 Å². The Hall–Kier alpha value is -1.65. The van der Waals surface area contributed by atoms with Gasteiger partial charge in [-0.3, -0.25) is 0 Å². The predicted octanol–water partition coefficient (Wildman–Crippen LogP) is 2.14. The maximum Gasteiger partial charge on any atom is 0.358 e. The first kappa shape index (κ1) is 13.8. The van der Waals surface area contributed by atoms with Crippen LogP contribution in [0.1, 0.15) is 37.7 Å². The van der Waals surface area contributed by atoms with E-state index in [1.807, 2.05) is 6.07 Å². The summed E-state index contributed by atoms with van der Waals surface area (Å²) >= 11 is 0. The number of rotatable bonds is 3. The van der Waals surface area contributed by atoms with Crippen molar-refractivity contribution in [2.45, 2.75) is 27.2 Å². The molecule has 2 atom stereocenters. The Morgan fingerprint density at radius 2 is 2.00 bits per heavy atom. The fourth-order valence-electron chi connectivity index (χ4n) is 2.66. The lowest BCUT2D eigenvalue weighted by atomic mass is 9.92. The monoisotopic (exact) mass is 263 g/mol. The van der Waals surface area contributed by atoms with E-state index in [0.717, 1.165) is 18.9 Å². The van der Waals surface area contributed by atoms with Gasteiger partial charge in [0, 0.05) is 13.1 Å². The van der Waals surface area contributed by atoms with Crippen LogP contribution in [0.5, 0.6) is 0 Å². The Morgan fingerprint density at radius 3 is 2.53 bits per heavy atom. The first-order valence-electron chi connectivity index (χ1n) is 6.86. The van der Waals surface area contributed by atoms with Crippen LogP contribution in [-0.2, 0) is 4.74 Å². The average molecular weight is 263 g/mol. The first-order valence-corrected chi connectivity index (χ1v) is 6.86. The number of carbonyl (C=O) groups is 1. The van der Waals surface area contributed by atoms with Crippen molar-refractivity contribution in [3.8, 4) is 0 Å². The van der Waals surface area contributed by atoms with E-state index in [4.69, 9.17) is 4.74 Å². The predicted molar refractivity (Wildman–Crippen MR) is 73.1 cm³/mol. The maximum atomic E-state index is 11.5. The van der Waals surface area contributed by atoms with Gasteiger partial charge in [-0.25, -0.2) is 4.79 Å². The van der Waals surface area contributed by atoms with E-state index >= 15 is 0 Å². The van der Waals surface area contributed by atoms with Gasteiger partial charge in [0.15, 0.2) is 11.5 Å². The number of piperidine rings is 1. The molecule has 0 N–H and O–H groups in total. The van der Waals surface area contributed by atoms with Crippen molar-refractivity contribution in [2.24, 2.45) is 11.8 Å². The molecule has 5 heteroatoms. The van der Waals surface area contributed by atoms with Crippen LogP contribution in [-0.4, -0.2) is 35.9 Å². The van der Waals surface area contributed by atoms with Crippen molar-refractivity contribution in [1.82, 2.24) is 10.2 Å². The number of hydrogen-bond donors (Lipinski definition) is 0. The fraction of sp³-hybridized carbons (Fsp3) is 0.643. The molecule has 2 rings (SSSR count). The first-order chi connectivity index (χ1) is 9.10. The van der Waals surface area contributed by atoms with E-state index in [9.17, 15) is 4.79 Å². The van der Waals surface area contributed by atoms with Crippen LogP contribution in [0.2, 0.25) is 0 Å². The molecule has 0 amide bonds. The molecule has 1 aliphatic heterocycles. The quantitative estimate of drug-likeness (QED) is 0.782. The molecule has 1 saturated heterocycles. The van der Waals surface area contributed by atoms with E-state index in [0.29, 0.717) is 18.4 Å². The highest BCUT2D eigenvalue weighted by molar-refractivity contribution is 5.87. The van der Waals surface area contributed by atoms with Gasteiger partial charge in [-0.2, -0.15) is 0 Å². The summed E-state index contributed by atoms with van der Waals surface area (Å²) in [5, 5.41) is 8.11. The topological polar surface area (TPSA) is 55.3 Å². The summed E-state index contributed by atoms with van der Waals surface area (Å²) in [5.74, 6) is 1.75. The highest BCUT2D eigenvalue weighted by Crippen LogP contribution is 2.24. The number of hydrogen-bond acceptors (Lipinski definition) is 5. The minimum Gasteiger partial charge on any atom is -0.461 e. The van der Waals surface area contributed by atoms with Crippen molar-refractivity contribution in [3.63, 3.8) is 0 Å². The van der Waals surface area contributed by atoms with Gasteiger partial charge in [0.25, 0.3) is 0 Å². The number of anilines is 1. The van der Waals surface area contributed by atoms with Gasteiger partial charge in [-0.05, 0) is 37.3 Å². The van der Waals surface area contributed by atoms with Gasteiger partial charge in [-0.1, -0.05) is 13.8 Å². The van der Waals surface area contributed by atoms with Crippen LogP contribution in [0.25, 0.3) is 0 Å². The van der Waals surface area contributed by atoms with Crippen LogP contribution < -0.4 is 4.90 Å². The summed E-state index contributed by atoms with van der Waals surface area (Å²) in [6.07, 6.45) is 1.25. The molecule has 19 heavy (non-hydrogen) atoms. The summed E-state index contributed by atoms with van der Waals surface area (Å²) < 4.78 is 4.89. The average Bonchev–Trinajstić information content (AvgIpc) is 2.38. The van der Waals surface area contributed by atoms with Crippen LogP contribution in [0.3, 0.4) is 0 Å². The second-order valence-corrected chi connectivity index (χ2v) is 5.35. The van der Waals surface area contributed by atoms with Crippen molar-refractivity contribution < 1.29 is 9.53 Å². The Kier molecular flexibility index (Phi) is 4.35. The summed E-state index contributed by atoms with van der Waals surface area (Å²) in [7, 11) is 0. The molecule has 0 saturated carbocycles. The standard InChI is InChI=1S/C14H21N3O2/c1-4-19-14(18)12-5-6-13(16-15-12)17-8-10(2)7-11(3)9-17/h5-6,10-11H,4,7-9H2,1-3H3. The number of ether oxygens (including phenoxy) is 1. The molecule has 2 heterocycles. The molecule has 1 fully saturated rings. The smallest absolute Gasteiger partial charge is 0.358 e. The van der Waals surface area contributed by atoms with Crippen LogP contribution >= 0.6 is 0 Å². The van der Waals surface area contributed by atoms with E-state index in [2.05, 4.69) is 28.9 Å². The Bertz CT molecular complexity index is 423. The van der Waals surface area contributed by atoms with Gasteiger partial charge in [0.05, 0.1) is 6.61 Å². The third-order valence-electron chi connectivity index (χ3n) is 3.33. The van der Waals surface area contributed by atoms with E-state index in [-0.39, 0.29) is 5.69 Å². The summed E-state index contributed by atoms with van der Waals surface area (Å²) in [6.45, 7) is 8.63. The molecule has 1 aromatic rings. The Morgan fingerprint density at radius 1 is 1.32 bits per heavy atom. The molecule has 1 aliphatic rings. The highest BCUT2D eigenvalue weighted by atomic mass is 16.5. The maximum absolute atomic E-state index is 11.5. The van der Waals surface area contributed by atoms with Gasteiger partial charge >= 0.3 is 5.97 Å². The summed E-state index contributed by atoms with van der Waals surface area (Å²) in [4.78, 5) is 13.7. The molecule has 0 aromatic carbocycles. The largest absolute Gasteiger partial charge is 0.461 e. The lowest BCUT2D eigenvalue weighted by Crippen LogP contribution is -2.39. The number of nitrogens with zero attached hydrogens (tertiary/aromatic N) is 3. The molecular weight excluding hydrogens is 242 g/mol. The molecule has 0 spiro atoms. The lowest BCUT2D eigenvalue weighted by molar-refractivity contribution is 0.0518. The Balaban J connectivity index is 2.07. The number of esters is 1. The van der Waals surface area contributed by atoms with Gasteiger partial charge in [-0.15, -0.1) is 10.2 Å². The SMILES string of the molecule is CCOC(=O)c1ccc(N2CC(C)CC(C)C2)nn1. The Labute approximate surface area is 114 Å². The van der Waals surface area contributed by atoms with Gasteiger partial charge < -0.3 is 9.64 Å². The van der Waals surface area contributed by atoms with E-state index in [1.54, 1.807) is 13.0 Å². The second-order valence-electron chi connectivity index (χ2n) is 5.35. The molecule has 5 nitrogen and oxygen atoms in total. The number of carbonyl (C=O) groups excluding carboxylic acids is 1. The number of aromatic nitrogens is 2. The molecule has 0 aliphatic carbocycles. The molecule has 0 bridgehead atoms. The van der Waals surface area contributed by atoms with Crippen molar-refractivity contribution >= 4 is 11.8 Å². The molecule has 104 valence electrons. The third kappa shape index (κ3) is 3.43. The minimum atomic E-state index is -0.415. The van der Waals surface area contributed by atoms with Crippen LogP contribution in [0.15, 0.2) is 12.1 Å². The molecule has 0 radical (unpaired) electrons. The van der Waals surface area contributed by atoms with Gasteiger partial charge in [0.2, 0.25) is 0 Å². The summed E-state index contributed by atoms with van der Waals surface area (Å²) in [6, 6.07) is 3.54. The summed E-state index contributed by atoms with van der Waals surface area (Å²) in [5.41, 5.74) is 0.267. The fourth-order valence-corrected chi connectivity index (χ4v) is 2.66. The zero-order chi connectivity index (χ0) is 13.8. The molecule has 1 aromatic heterocycles. The van der Waals surface area contributed by atoms with Crippen molar-refractivity contribution in [2.75, 3.05) is 24.6 Å².